The fourth-order valence-electron chi connectivity index (χ4n) is 8.15. The van der Waals surface area contributed by atoms with E-state index < -0.39 is 25.3 Å². The summed E-state index contributed by atoms with van der Waals surface area (Å²) >= 11 is 25.1. The molecule has 0 bridgehead atoms. The second kappa shape index (κ2) is 16.9. The molecule has 6 unspecified atom stereocenters. The molecule has 6 atom stereocenters. The lowest BCUT2D eigenvalue weighted by atomic mass is 9.87. The average Bonchev–Trinajstić information content (AvgIpc) is 3.65. The van der Waals surface area contributed by atoms with Crippen molar-refractivity contribution < 1.29 is 18.4 Å². The molecule has 0 aromatic rings. The molecule has 10 heteroatoms. The minimum absolute atomic E-state index is 0.0494. The number of hydrogen-bond donors (Lipinski definition) is 0. The minimum atomic E-state index is -1.61. The Kier molecular flexibility index (Phi) is 15.2. The van der Waals surface area contributed by atoms with Crippen LogP contribution >= 0.6 is 46.4 Å². The maximum Gasteiger partial charge on any atom is 0.191 e. The predicted octanol–water partition coefficient (Wildman–Crippen LogP) is 12.7. The molecule has 0 spiro atoms. The highest BCUT2D eigenvalue weighted by Gasteiger charge is 2.58. The van der Waals surface area contributed by atoms with E-state index in [9.17, 15) is 9.59 Å². The Morgan fingerprint density at radius 1 is 0.688 bits per heavy atom. The van der Waals surface area contributed by atoms with Crippen LogP contribution in [0.3, 0.4) is 0 Å². The van der Waals surface area contributed by atoms with Crippen LogP contribution in [-0.2, 0) is 18.4 Å². The van der Waals surface area contributed by atoms with Gasteiger partial charge in [-0.1, -0.05) is 126 Å². The van der Waals surface area contributed by atoms with Crippen LogP contribution < -0.4 is 0 Å². The van der Waals surface area contributed by atoms with E-state index in [0.29, 0.717) is 36.5 Å². The third-order valence-corrected chi connectivity index (χ3v) is 24.0. The van der Waals surface area contributed by atoms with Gasteiger partial charge in [-0.05, 0) is 105 Å². The van der Waals surface area contributed by atoms with Crippen LogP contribution in [0.1, 0.15) is 131 Å². The third kappa shape index (κ3) is 10.7. The van der Waals surface area contributed by atoms with Gasteiger partial charge in [0.1, 0.15) is 0 Å². The van der Waals surface area contributed by atoms with Crippen LogP contribution in [0.4, 0.5) is 0 Å². The minimum Gasteiger partial charge on any atom is -0.417 e. The zero-order valence-corrected chi connectivity index (χ0v) is 36.9. The standard InChI is InChI=1S/2C19H34Cl2O2Si/c1-18(2,3)24(4,5)23-12-8-6-7-9-14-10-11-15-16(14)13-19(20,21)17(15)22;1-18(2,3)24(4,5)23-12-8-6-7-9-14-10-11-15-13-16(22)19(20,21)17(14)15/h14-16H,6-13H2,1-5H3;14-15,17H,6-13H2,1-5H3. The molecule has 4 aliphatic rings. The van der Waals surface area contributed by atoms with E-state index in [0.717, 1.165) is 45.3 Å². The highest BCUT2D eigenvalue weighted by Crippen LogP contribution is 2.57. The molecule has 0 saturated heterocycles. The molecule has 0 radical (unpaired) electrons. The number of Topliss-reactive ketones (excluding diaryl/α,β-unsaturated/α-hetero) is 2. The maximum absolute atomic E-state index is 12.2. The third-order valence-electron chi connectivity index (χ3n) is 13.3. The monoisotopic (exact) mass is 784 g/mol. The van der Waals surface area contributed by atoms with E-state index in [4.69, 9.17) is 55.3 Å². The Labute approximate surface area is 316 Å². The van der Waals surface area contributed by atoms with Crippen LogP contribution in [-0.4, -0.2) is 50.1 Å². The zero-order valence-electron chi connectivity index (χ0n) is 31.9. The molecule has 4 saturated carbocycles. The topological polar surface area (TPSA) is 52.6 Å². The molecule has 0 heterocycles. The van der Waals surface area contributed by atoms with E-state index in [1.165, 1.54) is 44.9 Å². The van der Waals surface area contributed by atoms with Crippen molar-refractivity contribution in [1.29, 1.82) is 0 Å². The van der Waals surface area contributed by atoms with Crippen molar-refractivity contribution in [2.75, 3.05) is 13.2 Å². The van der Waals surface area contributed by atoms with Gasteiger partial charge in [0.15, 0.2) is 36.9 Å². The van der Waals surface area contributed by atoms with Crippen molar-refractivity contribution in [3.8, 4) is 0 Å². The first-order valence-corrected chi connectivity index (χ1v) is 26.4. The molecule has 4 aliphatic carbocycles. The number of carbonyl (C=O) groups excluding carboxylic acids is 2. The van der Waals surface area contributed by atoms with Gasteiger partial charge in [0.2, 0.25) is 0 Å². The largest absolute Gasteiger partial charge is 0.417 e. The van der Waals surface area contributed by atoms with E-state index in [1.54, 1.807) is 0 Å². The van der Waals surface area contributed by atoms with Crippen molar-refractivity contribution >= 4 is 74.6 Å². The van der Waals surface area contributed by atoms with Gasteiger partial charge in [-0.25, -0.2) is 0 Å². The van der Waals surface area contributed by atoms with E-state index in [2.05, 4.69) is 67.7 Å². The summed E-state index contributed by atoms with van der Waals surface area (Å²) in [5.74, 6) is 2.48. The lowest BCUT2D eigenvalue weighted by Crippen LogP contribution is -2.40. The fraction of sp³-hybridized carbons (Fsp3) is 0.947. The average molecular weight is 787 g/mol. The summed E-state index contributed by atoms with van der Waals surface area (Å²) in [5.41, 5.74) is 0. The highest BCUT2D eigenvalue weighted by molar-refractivity contribution is 6.74. The summed E-state index contributed by atoms with van der Waals surface area (Å²) < 4.78 is 10.3. The lowest BCUT2D eigenvalue weighted by molar-refractivity contribution is -0.121. The molecular weight excluding hydrogens is 718 g/mol. The molecule has 0 aliphatic heterocycles. The van der Waals surface area contributed by atoms with Gasteiger partial charge in [0.05, 0.1) is 0 Å². The maximum atomic E-state index is 12.2. The van der Waals surface area contributed by atoms with Gasteiger partial charge in [-0.15, -0.1) is 0 Å². The zero-order chi connectivity index (χ0) is 36.3. The van der Waals surface area contributed by atoms with Crippen molar-refractivity contribution in [3.05, 3.63) is 0 Å². The summed E-state index contributed by atoms with van der Waals surface area (Å²) in [7, 11) is -3.21. The van der Waals surface area contributed by atoms with Crippen LogP contribution in [0, 0.1) is 35.5 Å². The number of hydrogen-bond acceptors (Lipinski definition) is 4. The Balaban J connectivity index is 0.000000260. The molecule has 0 N–H and O–H groups in total. The summed E-state index contributed by atoms with van der Waals surface area (Å²) in [5, 5.41) is 0.571. The molecule has 4 nitrogen and oxygen atoms in total. The van der Waals surface area contributed by atoms with Crippen LogP contribution in [0.2, 0.25) is 36.3 Å². The van der Waals surface area contributed by atoms with Crippen LogP contribution in [0.5, 0.6) is 0 Å². The Hall–Kier alpha value is 0.854. The quantitative estimate of drug-likeness (QED) is 0.1000. The molecule has 4 rings (SSSR count). The summed E-state index contributed by atoms with van der Waals surface area (Å²) in [6.45, 7) is 24.7. The van der Waals surface area contributed by atoms with E-state index >= 15 is 0 Å². The van der Waals surface area contributed by atoms with Gasteiger partial charge in [0, 0.05) is 31.5 Å². The Morgan fingerprint density at radius 2 is 1.17 bits per heavy atom. The smallest absolute Gasteiger partial charge is 0.191 e. The SMILES string of the molecule is CC(C)(C)[Si](C)(C)OCCCCCC1CCC2C(=O)C(Cl)(Cl)CC12.CC(C)(C)[Si](C)(C)OCCCCCC1CCC2CC(=O)C(Cl)(Cl)C12. The van der Waals surface area contributed by atoms with Gasteiger partial charge in [-0.2, -0.15) is 0 Å². The van der Waals surface area contributed by atoms with Crippen LogP contribution in [0.15, 0.2) is 0 Å². The van der Waals surface area contributed by atoms with Gasteiger partial charge in [0.25, 0.3) is 0 Å². The van der Waals surface area contributed by atoms with E-state index in [-0.39, 0.29) is 33.5 Å². The van der Waals surface area contributed by atoms with E-state index in [1.807, 2.05) is 0 Å². The molecule has 0 amide bonds. The first kappa shape index (κ1) is 43.3. The van der Waals surface area contributed by atoms with Crippen LogP contribution in [0.25, 0.3) is 0 Å². The summed E-state index contributed by atoms with van der Waals surface area (Å²) in [6, 6.07) is 0. The number of fused-ring (bicyclic) bond motifs is 2. The summed E-state index contributed by atoms with van der Waals surface area (Å²) in [6.07, 6.45) is 15.2. The normalized spacial score (nSPS) is 30.0. The molecule has 0 aromatic heterocycles. The molecule has 48 heavy (non-hydrogen) atoms. The number of alkyl halides is 4. The second-order valence-corrected chi connectivity index (χ2v) is 31.2. The van der Waals surface area contributed by atoms with Gasteiger partial charge >= 0.3 is 0 Å². The Bertz CT molecular complexity index is 1080. The molecular formula is C38H68Cl4O4Si2. The van der Waals surface area contributed by atoms with Gasteiger partial charge < -0.3 is 8.85 Å². The number of unbranched alkanes of at least 4 members (excludes halogenated alkanes) is 4. The highest BCUT2D eigenvalue weighted by atomic mass is 35.5. The number of rotatable bonds is 14. The van der Waals surface area contributed by atoms with Gasteiger partial charge in [-0.3, -0.25) is 9.59 Å². The molecule has 4 fully saturated rings. The van der Waals surface area contributed by atoms with Crippen molar-refractivity contribution in [2.45, 2.75) is 176 Å². The number of ketones is 2. The fourth-order valence-corrected chi connectivity index (χ4v) is 11.8. The van der Waals surface area contributed by atoms with Crippen molar-refractivity contribution in [3.63, 3.8) is 0 Å². The molecule has 280 valence electrons. The number of carbonyl (C=O) groups is 2. The number of halogens is 4. The van der Waals surface area contributed by atoms with Crippen molar-refractivity contribution in [2.24, 2.45) is 35.5 Å². The first-order chi connectivity index (χ1) is 21.9. The first-order valence-electron chi connectivity index (χ1n) is 19.0. The van der Waals surface area contributed by atoms with Crippen molar-refractivity contribution in [1.82, 2.24) is 0 Å². The Morgan fingerprint density at radius 3 is 1.67 bits per heavy atom. The predicted molar refractivity (Wildman–Crippen MR) is 211 cm³/mol. The second-order valence-electron chi connectivity index (χ2n) is 18.7. The molecule has 0 aromatic carbocycles. The summed E-state index contributed by atoms with van der Waals surface area (Å²) in [4.78, 5) is 24.1. The lowest BCUT2D eigenvalue weighted by Gasteiger charge is -2.36.